The number of carbonyl (C=O) groups excluding carboxylic acids is 1. The zero-order valence-corrected chi connectivity index (χ0v) is 10.6. The number of aryl methyl sites for hydroxylation is 2. The van der Waals surface area contributed by atoms with Crippen LogP contribution < -0.4 is 16.2 Å². The van der Waals surface area contributed by atoms with Gasteiger partial charge in [0, 0.05) is 6.07 Å². The summed E-state index contributed by atoms with van der Waals surface area (Å²) in [6.45, 7) is 3.43. The van der Waals surface area contributed by atoms with E-state index < -0.39 is 10.9 Å². The number of nitrogens with zero attached hydrogens (tertiary/aromatic N) is 1. The van der Waals surface area contributed by atoms with E-state index >= 15 is 0 Å². The number of benzene rings is 1. The summed E-state index contributed by atoms with van der Waals surface area (Å²) < 4.78 is 5.29. The number of nitro groups is 1. The molecule has 1 rings (SSSR count). The summed E-state index contributed by atoms with van der Waals surface area (Å²) in [5, 5.41) is 10.9. The van der Waals surface area contributed by atoms with Crippen molar-refractivity contribution in [3.63, 3.8) is 0 Å². The van der Waals surface area contributed by atoms with Gasteiger partial charge in [0.2, 0.25) is 0 Å². The summed E-state index contributed by atoms with van der Waals surface area (Å²) in [5.74, 6) is 4.33. The lowest BCUT2D eigenvalue weighted by Crippen LogP contribution is -2.27. The first kappa shape index (κ1) is 14.9. The Bertz CT molecular complexity index is 489. The van der Waals surface area contributed by atoms with Crippen LogP contribution in [0, 0.1) is 24.0 Å². The highest BCUT2D eigenvalue weighted by Gasteiger charge is 2.18. The molecule has 0 unspecified atom stereocenters. The first-order chi connectivity index (χ1) is 8.95. The van der Waals surface area contributed by atoms with Crippen molar-refractivity contribution in [3.8, 4) is 5.75 Å². The fourth-order valence-electron chi connectivity index (χ4n) is 1.61. The average Bonchev–Trinajstić information content (AvgIpc) is 2.31. The highest BCUT2D eigenvalue weighted by molar-refractivity contribution is 5.69. The van der Waals surface area contributed by atoms with Gasteiger partial charge in [-0.1, -0.05) is 11.7 Å². The Hall–Kier alpha value is -2.19. The number of hydrazine groups is 1. The molecule has 0 heterocycles. The van der Waals surface area contributed by atoms with E-state index in [0.29, 0.717) is 5.56 Å². The molecule has 0 bridgehead atoms. The first-order valence-electron chi connectivity index (χ1n) is 5.49. The maximum Gasteiger partial charge on any atom is 0.329 e. The Morgan fingerprint density at radius 3 is 2.74 bits per heavy atom. The van der Waals surface area contributed by atoms with E-state index in [4.69, 9.17) is 10.6 Å². The van der Waals surface area contributed by atoms with Gasteiger partial charge in [-0.3, -0.25) is 14.9 Å². The third kappa shape index (κ3) is 4.19. The minimum atomic E-state index is -0.616. The molecular formula is C11H15N3O5. The molecule has 0 radical (unpaired) electrons. The molecule has 0 saturated carbocycles. The van der Waals surface area contributed by atoms with E-state index in [1.165, 1.54) is 6.07 Å². The minimum absolute atomic E-state index is 0.0365. The van der Waals surface area contributed by atoms with Gasteiger partial charge in [0.05, 0.1) is 18.0 Å². The second-order valence-corrected chi connectivity index (χ2v) is 3.88. The maximum atomic E-state index is 11.0. The van der Waals surface area contributed by atoms with Gasteiger partial charge in [0.25, 0.3) is 0 Å². The number of nitrogens with one attached hydrogen (secondary N) is 1. The molecule has 8 nitrogen and oxygen atoms in total. The van der Waals surface area contributed by atoms with E-state index in [0.717, 1.165) is 5.56 Å². The average molecular weight is 269 g/mol. The standard InChI is InChI=1S/C11H15N3O5/c1-7-5-8(2)11(9(6-7)14(16)17)18-4-3-10(15)19-13-12/h5-6,13H,3-4,12H2,1-2H3. The predicted octanol–water partition coefficient (Wildman–Crippen LogP) is 0.902. The van der Waals surface area contributed by atoms with Gasteiger partial charge in [-0.25, -0.2) is 5.84 Å². The van der Waals surface area contributed by atoms with Crippen molar-refractivity contribution in [2.75, 3.05) is 6.61 Å². The molecule has 0 aromatic heterocycles. The van der Waals surface area contributed by atoms with Gasteiger partial charge in [0.15, 0.2) is 5.75 Å². The van der Waals surface area contributed by atoms with Crippen LogP contribution in [0.15, 0.2) is 12.1 Å². The molecule has 1 aromatic carbocycles. The number of ether oxygens (including phenoxy) is 1. The quantitative estimate of drug-likeness (QED) is 0.447. The molecule has 0 aliphatic heterocycles. The largest absolute Gasteiger partial charge is 0.486 e. The number of rotatable bonds is 6. The van der Waals surface area contributed by atoms with Crippen LogP contribution in [-0.4, -0.2) is 17.5 Å². The highest BCUT2D eigenvalue weighted by atomic mass is 16.7. The number of hydrogen-bond donors (Lipinski definition) is 2. The van der Waals surface area contributed by atoms with Crippen molar-refractivity contribution >= 4 is 11.7 Å². The van der Waals surface area contributed by atoms with Crippen LogP contribution in [0.4, 0.5) is 5.69 Å². The minimum Gasteiger partial charge on any atom is -0.486 e. The third-order valence-corrected chi connectivity index (χ3v) is 2.32. The monoisotopic (exact) mass is 269 g/mol. The molecule has 8 heteroatoms. The molecule has 0 aliphatic rings. The zero-order chi connectivity index (χ0) is 14.4. The van der Waals surface area contributed by atoms with Gasteiger partial charge in [-0.05, 0) is 25.0 Å². The number of nitrogens with two attached hydrogens (primary N) is 1. The molecule has 1 aromatic rings. The molecule has 0 spiro atoms. The molecule has 3 N–H and O–H groups in total. The number of nitro benzene ring substituents is 1. The van der Waals surface area contributed by atoms with Crippen LogP contribution in [0.25, 0.3) is 0 Å². The van der Waals surface area contributed by atoms with Crippen molar-refractivity contribution in [3.05, 3.63) is 33.4 Å². The molecular weight excluding hydrogens is 254 g/mol. The Labute approximate surface area is 109 Å². The Kier molecular flexibility index (Phi) is 5.22. The summed E-state index contributed by atoms with van der Waals surface area (Å²) in [6, 6.07) is 3.18. The van der Waals surface area contributed by atoms with Crippen LogP contribution in [0.2, 0.25) is 0 Å². The SMILES string of the molecule is Cc1cc(C)c(OCCC(=O)ONN)c([N+](=O)[O-])c1. The van der Waals surface area contributed by atoms with Crippen LogP contribution in [-0.2, 0) is 9.63 Å². The van der Waals surface area contributed by atoms with Crippen molar-refractivity contribution in [1.29, 1.82) is 0 Å². The summed E-state index contributed by atoms with van der Waals surface area (Å²) in [7, 11) is 0. The fourth-order valence-corrected chi connectivity index (χ4v) is 1.61. The van der Waals surface area contributed by atoms with Gasteiger partial charge in [-0.15, -0.1) is 0 Å². The number of hydrogen-bond acceptors (Lipinski definition) is 7. The second kappa shape index (κ2) is 6.66. The summed E-state index contributed by atoms with van der Waals surface area (Å²) in [6.07, 6.45) is -0.0747. The van der Waals surface area contributed by atoms with Crippen molar-refractivity contribution in [1.82, 2.24) is 5.59 Å². The summed E-state index contributed by atoms with van der Waals surface area (Å²) in [4.78, 5) is 25.7. The Balaban J connectivity index is 2.77. The Morgan fingerprint density at radius 1 is 1.47 bits per heavy atom. The van der Waals surface area contributed by atoms with Crippen molar-refractivity contribution in [2.45, 2.75) is 20.3 Å². The smallest absolute Gasteiger partial charge is 0.329 e. The third-order valence-electron chi connectivity index (χ3n) is 2.32. The van der Waals surface area contributed by atoms with Crippen LogP contribution in [0.1, 0.15) is 17.5 Å². The lowest BCUT2D eigenvalue weighted by molar-refractivity contribution is -0.386. The summed E-state index contributed by atoms with van der Waals surface area (Å²) >= 11 is 0. The Morgan fingerprint density at radius 2 is 2.16 bits per heavy atom. The van der Waals surface area contributed by atoms with Crippen LogP contribution >= 0.6 is 0 Å². The predicted molar refractivity (Wildman–Crippen MR) is 66.1 cm³/mol. The second-order valence-electron chi connectivity index (χ2n) is 3.88. The van der Waals surface area contributed by atoms with Crippen molar-refractivity contribution < 1.29 is 19.3 Å². The van der Waals surface area contributed by atoms with Crippen LogP contribution in [0.5, 0.6) is 5.75 Å². The van der Waals surface area contributed by atoms with E-state index in [1.54, 1.807) is 25.5 Å². The van der Waals surface area contributed by atoms with Gasteiger partial charge in [-0.2, -0.15) is 0 Å². The van der Waals surface area contributed by atoms with E-state index in [1.807, 2.05) is 0 Å². The number of carbonyl (C=O) groups is 1. The van der Waals surface area contributed by atoms with Crippen LogP contribution in [0.3, 0.4) is 0 Å². The molecule has 0 aliphatic carbocycles. The van der Waals surface area contributed by atoms with Gasteiger partial charge in [0.1, 0.15) is 0 Å². The van der Waals surface area contributed by atoms with E-state index in [2.05, 4.69) is 4.84 Å². The molecule has 0 amide bonds. The van der Waals surface area contributed by atoms with Crippen molar-refractivity contribution in [2.24, 2.45) is 5.84 Å². The molecule has 0 saturated heterocycles. The molecule has 0 atom stereocenters. The summed E-state index contributed by atoms with van der Waals surface area (Å²) in [5.41, 5.74) is 3.03. The maximum absolute atomic E-state index is 11.0. The molecule has 104 valence electrons. The normalized spacial score (nSPS) is 10.1. The lowest BCUT2D eigenvalue weighted by Gasteiger charge is -2.10. The molecule has 19 heavy (non-hydrogen) atoms. The lowest BCUT2D eigenvalue weighted by atomic mass is 10.1. The fraction of sp³-hybridized carbons (Fsp3) is 0.364. The van der Waals surface area contributed by atoms with E-state index in [9.17, 15) is 14.9 Å². The zero-order valence-electron chi connectivity index (χ0n) is 10.6. The molecule has 0 fully saturated rings. The highest BCUT2D eigenvalue weighted by Crippen LogP contribution is 2.32. The van der Waals surface area contributed by atoms with E-state index in [-0.39, 0.29) is 24.5 Å². The topological polar surface area (TPSA) is 117 Å². The first-order valence-corrected chi connectivity index (χ1v) is 5.49. The van der Waals surface area contributed by atoms with Gasteiger partial charge >= 0.3 is 11.7 Å². The van der Waals surface area contributed by atoms with Gasteiger partial charge < -0.3 is 9.57 Å².